The molecule has 0 aliphatic heterocycles. The minimum atomic E-state index is 0.307. The van der Waals surface area contributed by atoms with Crippen LogP contribution in [0.5, 0.6) is 0 Å². The molecule has 0 amide bonds. The number of benzene rings is 5. The maximum Gasteiger partial charge on any atom is 0.149 e. The molecular formula is C40H38N2O. The Morgan fingerprint density at radius 3 is 2.00 bits per heavy atom. The summed E-state index contributed by atoms with van der Waals surface area (Å²) in [4.78, 5) is 5.31. The Balaban J connectivity index is 1.57. The fraction of sp³-hybridized carbons (Fsp3) is 0.225. The third-order valence-electron chi connectivity index (χ3n) is 8.73. The van der Waals surface area contributed by atoms with Crippen LogP contribution in [0.25, 0.3) is 61.2 Å². The predicted molar refractivity (Wildman–Crippen MR) is 181 cm³/mol. The van der Waals surface area contributed by atoms with Crippen LogP contribution in [0.15, 0.2) is 108 Å². The van der Waals surface area contributed by atoms with Crippen molar-refractivity contribution in [3.8, 4) is 28.2 Å². The van der Waals surface area contributed by atoms with Gasteiger partial charge in [0.25, 0.3) is 0 Å². The van der Waals surface area contributed by atoms with Crippen molar-refractivity contribution in [2.45, 2.75) is 59.3 Å². The maximum atomic E-state index is 6.69. The van der Waals surface area contributed by atoms with Gasteiger partial charge in [-0.1, -0.05) is 108 Å². The molecule has 0 spiro atoms. The quantitative estimate of drug-likeness (QED) is 0.202. The van der Waals surface area contributed by atoms with E-state index in [2.05, 4.69) is 149 Å². The lowest BCUT2D eigenvalue weighted by Crippen LogP contribution is -2.09. The largest absolute Gasteiger partial charge is 0.455 e. The molecule has 0 radical (unpaired) electrons. The Hall–Kier alpha value is -4.63. The van der Waals surface area contributed by atoms with Crippen LogP contribution in [0.1, 0.15) is 76.0 Å². The summed E-state index contributed by atoms with van der Waals surface area (Å²) in [5, 5.41) is 2.26. The summed E-state index contributed by atoms with van der Waals surface area (Å²) in [6, 6.07) is 37.1. The van der Waals surface area contributed by atoms with Crippen molar-refractivity contribution in [1.82, 2.24) is 9.55 Å². The summed E-state index contributed by atoms with van der Waals surface area (Å²) >= 11 is 0. The molecule has 7 rings (SSSR count). The minimum absolute atomic E-state index is 0.307. The summed E-state index contributed by atoms with van der Waals surface area (Å²) in [6.07, 6.45) is 0. The second-order valence-electron chi connectivity index (χ2n) is 12.6. The van der Waals surface area contributed by atoms with Gasteiger partial charge in [-0.05, 0) is 82.0 Å². The summed E-state index contributed by atoms with van der Waals surface area (Å²) in [5.74, 6) is 1.96. The first kappa shape index (κ1) is 27.2. The van der Waals surface area contributed by atoms with Crippen molar-refractivity contribution in [2.75, 3.05) is 0 Å². The molecule has 0 aliphatic carbocycles. The third-order valence-corrected chi connectivity index (χ3v) is 8.73. The number of nitrogens with zero attached hydrogens (tertiary/aromatic N) is 2. The van der Waals surface area contributed by atoms with E-state index in [9.17, 15) is 0 Å². The van der Waals surface area contributed by atoms with Crippen molar-refractivity contribution in [1.29, 1.82) is 0 Å². The van der Waals surface area contributed by atoms with Gasteiger partial charge in [-0.3, -0.25) is 4.57 Å². The van der Waals surface area contributed by atoms with Gasteiger partial charge in [-0.15, -0.1) is 0 Å². The molecule has 0 fully saturated rings. The van der Waals surface area contributed by atoms with Gasteiger partial charge in [0.15, 0.2) is 0 Å². The predicted octanol–water partition coefficient (Wildman–Crippen LogP) is 11.6. The lowest BCUT2D eigenvalue weighted by Gasteiger charge is -2.24. The van der Waals surface area contributed by atoms with E-state index in [1.165, 1.54) is 33.5 Å². The SMILES string of the molecule is CC(C)c1ccc2c(c1)oc1c(-c3nc4ccccc4n3-c3c(C(C)C)cc(-c4ccccc4)cc3C(C)C)cccc12. The Kier molecular flexibility index (Phi) is 6.69. The molecular weight excluding hydrogens is 524 g/mol. The van der Waals surface area contributed by atoms with E-state index in [0.717, 1.165) is 44.4 Å². The number of rotatable bonds is 6. The summed E-state index contributed by atoms with van der Waals surface area (Å²) in [5.41, 5.74) is 12.5. The van der Waals surface area contributed by atoms with Gasteiger partial charge >= 0.3 is 0 Å². The second kappa shape index (κ2) is 10.6. The maximum absolute atomic E-state index is 6.69. The van der Waals surface area contributed by atoms with E-state index in [4.69, 9.17) is 9.40 Å². The third kappa shape index (κ3) is 4.55. The van der Waals surface area contributed by atoms with Crippen molar-refractivity contribution in [2.24, 2.45) is 0 Å². The van der Waals surface area contributed by atoms with Gasteiger partial charge in [0.2, 0.25) is 0 Å². The van der Waals surface area contributed by atoms with Crippen LogP contribution in [-0.4, -0.2) is 9.55 Å². The molecule has 43 heavy (non-hydrogen) atoms. The number of furan rings is 1. The summed E-state index contributed by atoms with van der Waals surface area (Å²) < 4.78 is 9.09. The zero-order valence-corrected chi connectivity index (χ0v) is 25.8. The molecule has 5 aromatic carbocycles. The highest BCUT2D eigenvalue weighted by atomic mass is 16.3. The molecule has 0 saturated heterocycles. The molecule has 7 aromatic rings. The summed E-state index contributed by atoms with van der Waals surface area (Å²) in [6.45, 7) is 13.6. The molecule has 214 valence electrons. The molecule has 3 heteroatoms. The van der Waals surface area contributed by atoms with Crippen molar-refractivity contribution in [3.63, 3.8) is 0 Å². The van der Waals surface area contributed by atoms with Gasteiger partial charge in [0.1, 0.15) is 17.0 Å². The zero-order valence-electron chi connectivity index (χ0n) is 25.8. The van der Waals surface area contributed by atoms with Crippen LogP contribution in [0.2, 0.25) is 0 Å². The van der Waals surface area contributed by atoms with E-state index in [1.54, 1.807) is 0 Å². The van der Waals surface area contributed by atoms with Crippen LogP contribution in [-0.2, 0) is 0 Å². The van der Waals surface area contributed by atoms with Crippen LogP contribution in [0.3, 0.4) is 0 Å². The fourth-order valence-corrected chi connectivity index (χ4v) is 6.40. The number of para-hydroxylation sites is 3. The van der Waals surface area contributed by atoms with Crippen LogP contribution < -0.4 is 0 Å². The number of imidazole rings is 1. The molecule has 0 N–H and O–H groups in total. The molecule has 0 saturated carbocycles. The number of aromatic nitrogens is 2. The first-order valence-electron chi connectivity index (χ1n) is 15.5. The van der Waals surface area contributed by atoms with E-state index < -0.39 is 0 Å². The Bertz CT molecular complexity index is 2080. The van der Waals surface area contributed by atoms with E-state index in [1.807, 2.05) is 0 Å². The Morgan fingerprint density at radius 1 is 0.605 bits per heavy atom. The van der Waals surface area contributed by atoms with Gasteiger partial charge in [-0.25, -0.2) is 4.98 Å². The molecule has 2 aromatic heterocycles. The lowest BCUT2D eigenvalue weighted by atomic mass is 9.88. The Morgan fingerprint density at radius 2 is 1.30 bits per heavy atom. The molecule has 0 bridgehead atoms. The smallest absolute Gasteiger partial charge is 0.149 e. The van der Waals surface area contributed by atoms with E-state index >= 15 is 0 Å². The van der Waals surface area contributed by atoms with Crippen LogP contribution >= 0.6 is 0 Å². The van der Waals surface area contributed by atoms with Gasteiger partial charge in [0.05, 0.1) is 22.3 Å². The monoisotopic (exact) mass is 562 g/mol. The van der Waals surface area contributed by atoms with E-state index in [0.29, 0.717) is 17.8 Å². The number of hydrogen-bond acceptors (Lipinski definition) is 2. The average Bonchev–Trinajstić information content (AvgIpc) is 3.58. The number of fused-ring (bicyclic) bond motifs is 4. The van der Waals surface area contributed by atoms with Gasteiger partial charge in [0, 0.05) is 10.8 Å². The van der Waals surface area contributed by atoms with Crippen molar-refractivity contribution < 1.29 is 4.42 Å². The first-order valence-corrected chi connectivity index (χ1v) is 15.5. The van der Waals surface area contributed by atoms with Gasteiger partial charge in [-0.2, -0.15) is 0 Å². The molecule has 0 aliphatic rings. The highest BCUT2D eigenvalue weighted by Gasteiger charge is 2.25. The minimum Gasteiger partial charge on any atom is -0.455 e. The number of hydrogen-bond donors (Lipinski definition) is 0. The average molecular weight is 563 g/mol. The zero-order chi connectivity index (χ0) is 29.8. The van der Waals surface area contributed by atoms with Crippen molar-refractivity contribution in [3.05, 3.63) is 120 Å². The standard InChI is InChI=1S/C40H38N2O/c1-24(2)28-19-20-30-31-15-12-16-32(39(31)43-37(30)23-28)40-41-35-17-10-11-18-36(35)42(40)38-33(25(3)4)21-29(22-34(38)26(5)6)27-13-8-7-9-14-27/h7-26H,1-6H3. The fourth-order valence-electron chi connectivity index (χ4n) is 6.40. The molecule has 0 atom stereocenters. The normalized spacial score (nSPS) is 12.1. The lowest BCUT2D eigenvalue weighted by molar-refractivity contribution is 0.667. The van der Waals surface area contributed by atoms with Crippen LogP contribution in [0, 0.1) is 0 Å². The molecule has 0 unspecified atom stereocenters. The highest BCUT2D eigenvalue weighted by molar-refractivity contribution is 6.09. The van der Waals surface area contributed by atoms with Crippen LogP contribution in [0.4, 0.5) is 0 Å². The second-order valence-corrected chi connectivity index (χ2v) is 12.6. The molecule has 2 heterocycles. The van der Waals surface area contributed by atoms with Gasteiger partial charge < -0.3 is 4.42 Å². The Labute approximate surface area is 253 Å². The first-order chi connectivity index (χ1) is 20.8. The van der Waals surface area contributed by atoms with Crippen molar-refractivity contribution >= 4 is 33.0 Å². The summed E-state index contributed by atoms with van der Waals surface area (Å²) in [7, 11) is 0. The molecule has 3 nitrogen and oxygen atoms in total. The highest BCUT2D eigenvalue weighted by Crippen LogP contribution is 2.42. The topological polar surface area (TPSA) is 31.0 Å². The van der Waals surface area contributed by atoms with E-state index in [-0.39, 0.29) is 0 Å².